The van der Waals surface area contributed by atoms with E-state index in [1.165, 1.54) is 0 Å². The predicted molar refractivity (Wildman–Crippen MR) is 30.5 cm³/mol. The lowest BCUT2D eigenvalue weighted by molar-refractivity contribution is -0.165. The summed E-state index contributed by atoms with van der Waals surface area (Å²) in [5, 5.41) is 34.7. The molecule has 0 aromatic carbocycles. The van der Waals surface area contributed by atoms with E-state index in [1.54, 1.807) is 0 Å². The first-order chi connectivity index (χ1) is 5.04. The van der Waals surface area contributed by atoms with Gasteiger partial charge in [-0.1, -0.05) is 0 Å². The van der Waals surface area contributed by atoms with Gasteiger partial charge in [-0.05, 0) is 0 Å². The topological polar surface area (TPSA) is 107 Å². The van der Waals surface area contributed by atoms with Crippen LogP contribution in [0.4, 0.5) is 0 Å². The Morgan fingerprint density at radius 1 is 1.18 bits per heavy atom. The molecule has 0 radical (unpaired) electrons. The number of ether oxygens (including phenoxy) is 1. The van der Waals surface area contributed by atoms with Gasteiger partial charge in [0.2, 0.25) is 0 Å². The summed E-state index contributed by atoms with van der Waals surface area (Å²) in [5.74, 6) is -1.41. The van der Waals surface area contributed by atoms with Crippen LogP contribution < -0.4 is 0 Å². The van der Waals surface area contributed by atoms with Crippen LogP contribution in [0.1, 0.15) is 0 Å². The molecule has 1 rings (SSSR count). The van der Waals surface area contributed by atoms with Gasteiger partial charge in [-0.25, -0.2) is 4.79 Å². The molecule has 11 heavy (non-hydrogen) atoms. The molecular weight excluding hydrogens is 156 g/mol. The second kappa shape index (κ2) is 2.74. The lowest BCUT2D eigenvalue weighted by Crippen LogP contribution is -2.36. The Morgan fingerprint density at radius 3 is 1.91 bits per heavy atom. The van der Waals surface area contributed by atoms with Crippen molar-refractivity contribution >= 4 is 5.97 Å². The molecule has 6 nitrogen and oxygen atoms in total. The van der Waals surface area contributed by atoms with Crippen LogP contribution in [-0.2, 0) is 9.53 Å². The second-order valence-corrected chi connectivity index (χ2v) is 2.27. The zero-order valence-electron chi connectivity index (χ0n) is 5.41. The summed E-state index contributed by atoms with van der Waals surface area (Å²) in [6.45, 7) is 0. The average molecular weight is 164 g/mol. The van der Waals surface area contributed by atoms with Crippen molar-refractivity contribution in [3.8, 4) is 0 Å². The largest absolute Gasteiger partial charge is 0.479 e. The van der Waals surface area contributed by atoms with Crippen LogP contribution in [0, 0.1) is 0 Å². The zero-order valence-corrected chi connectivity index (χ0v) is 5.41. The van der Waals surface area contributed by atoms with Crippen LogP contribution in [0.3, 0.4) is 0 Å². The van der Waals surface area contributed by atoms with Crippen molar-refractivity contribution in [2.45, 2.75) is 24.6 Å². The third kappa shape index (κ3) is 1.33. The molecule has 0 aliphatic carbocycles. The molecule has 0 spiro atoms. The monoisotopic (exact) mass is 164 g/mol. The Morgan fingerprint density at radius 2 is 1.73 bits per heavy atom. The number of aliphatic carboxylic acids is 1. The van der Waals surface area contributed by atoms with E-state index < -0.39 is 30.6 Å². The number of aliphatic hydroxyl groups is 3. The number of hydrogen-bond donors (Lipinski definition) is 4. The van der Waals surface area contributed by atoms with Crippen molar-refractivity contribution in [3.05, 3.63) is 0 Å². The lowest BCUT2D eigenvalue weighted by Gasteiger charge is -2.08. The number of hydrogen-bond acceptors (Lipinski definition) is 5. The summed E-state index contributed by atoms with van der Waals surface area (Å²) in [4.78, 5) is 10.2. The molecule has 1 aliphatic rings. The van der Waals surface area contributed by atoms with Crippen molar-refractivity contribution < 1.29 is 30.0 Å². The van der Waals surface area contributed by atoms with Crippen LogP contribution in [0.2, 0.25) is 0 Å². The van der Waals surface area contributed by atoms with Crippen LogP contribution in [0.25, 0.3) is 0 Å². The van der Waals surface area contributed by atoms with Gasteiger partial charge in [0, 0.05) is 0 Å². The summed E-state index contributed by atoms with van der Waals surface area (Å²) in [7, 11) is 0. The fourth-order valence-electron chi connectivity index (χ4n) is 0.863. The third-order valence-electron chi connectivity index (χ3n) is 1.48. The minimum absolute atomic E-state index is 1.41. The Balaban J connectivity index is 2.67. The Hall–Kier alpha value is -0.690. The van der Waals surface area contributed by atoms with Crippen LogP contribution in [-0.4, -0.2) is 51.0 Å². The normalized spacial score (nSPS) is 44.3. The van der Waals surface area contributed by atoms with E-state index >= 15 is 0 Å². The maximum absolute atomic E-state index is 10.2. The summed E-state index contributed by atoms with van der Waals surface area (Å²) >= 11 is 0. The van der Waals surface area contributed by atoms with Crippen molar-refractivity contribution in [1.29, 1.82) is 0 Å². The van der Waals surface area contributed by atoms with E-state index in [0.717, 1.165) is 0 Å². The molecule has 1 saturated heterocycles. The molecule has 0 saturated carbocycles. The molecule has 1 aliphatic heterocycles. The van der Waals surface area contributed by atoms with Crippen molar-refractivity contribution in [3.63, 3.8) is 0 Å². The van der Waals surface area contributed by atoms with Gasteiger partial charge < -0.3 is 25.2 Å². The quantitative estimate of drug-likeness (QED) is 0.341. The molecule has 0 amide bonds. The minimum atomic E-state index is -1.62. The van der Waals surface area contributed by atoms with E-state index in [1.807, 2.05) is 0 Å². The Bertz CT molecular complexity index is 168. The highest BCUT2D eigenvalue weighted by atomic mass is 16.7. The highest BCUT2D eigenvalue weighted by molar-refractivity contribution is 5.73. The van der Waals surface area contributed by atoms with Gasteiger partial charge in [-0.2, -0.15) is 0 Å². The fraction of sp³-hybridized carbons (Fsp3) is 0.800. The molecule has 4 unspecified atom stereocenters. The van der Waals surface area contributed by atoms with E-state index in [2.05, 4.69) is 4.74 Å². The number of carboxylic acids is 1. The molecule has 64 valence electrons. The SMILES string of the molecule is O=C(O)C1OC(O)C(O)C1O. The van der Waals surface area contributed by atoms with E-state index in [4.69, 9.17) is 20.4 Å². The van der Waals surface area contributed by atoms with Crippen molar-refractivity contribution in [2.75, 3.05) is 0 Å². The summed E-state index contributed by atoms with van der Waals surface area (Å²) in [6.07, 6.45) is -6.27. The first-order valence-corrected chi connectivity index (χ1v) is 2.96. The molecule has 0 aromatic rings. The number of carbonyl (C=O) groups is 1. The van der Waals surface area contributed by atoms with Gasteiger partial charge in [0.25, 0.3) is 0 Å². The molecule has 0 aromatic heterocycles. The van der Waals surface area contributed by atoms with Gasteiger partial charge >= 0.3 is 5.97 Å². The van der Waals surface area contributed by atoms with Crippen molar-refractivity contribution in [2.24, 2.45) is 0 Å². The first-order valence-electron chi connectivity index (χ1n) is 2.96. The van der Waals surface area contributed by atoms with Gasteiger partial charge in [0.15, 0.2) is 12.4 Å². The molecule has 4 N–H and O–H groups in total. The number of aliphatic hydroxyl groups excluding tert-OH is 3. The maximum atomic E-state index is 10.2. The molecule has 6 heteroatoms. The van der Waals surface area contributed by atoms with Crippen molar-refractivity contribution in [1.82, 2.24) is 0 Å². The van der Waals surface area contributed by atoms with Crippen LogP contribution in [0.15, 0.2) is 0 Å². The van der Waals surface area contributed by atoms with E-state index in [-0.39, 0.29) is 0 Å². The summed E-state index contributed by atoms with van der Waals surface area (Å²) in [6, 6.07) is 0. The van der Waals surface area contributed by atoms with Crippen LogP contribution in [0.5, 0.6) is 0 Å². The average Bonchev–Trinajstić information content (AvgIpc) is 2.17. The van der Waals surface area contributed by atoms with Gasteiger partial charge in [-0.3, -0.25) is 0 Å². The smallest absolute Gasteiger partial charge is 0.335 e. The minimum Gasteiger partial charge on any atom is -0.479 e. The molecule has 4 atom stereocenters. The molecule has 1 fully saturated rings. The van der Waals surface area contributed by atoms with Gasteiger partial charge in [0.05, 0.1) is 0 Å². The highest BCUT2D eigenvalue weighted by Gasteiger charge is 2.45. The van der Waals surface area contributed by atoms with E-state index in [9.17, 15) is 4.79 Å². The Labute approximate surface area is 61.6 Å². The lowest BCUT2D eigenvalue weighted by atomic mass is 10.1. The fourth-order valence-corrected chi connectivity index (χ4v) is 0.863. The summed E-state index contributed by atoms with van der Waals surface area (Å²) < 4.78 is 4.30. The maximum Gasteiger partial charge on any atom is 0.335 e. The Kier molecular flexibility index (Phi) is 2.10. The standard InChI is InChI=1S/C5H8O6/c6-1-2(7)5(10)11-3(1)4(8)9/h1-3,5-7,10H,(H,8,9). The predicted octanol–water partition coefficient (Wildman–Crippen LogP) is -2.49. The summed E-state index contributed by atoms with van der Waals surface area (Å²) in [5.41, 5.74) is 0. The van der Waals surface area contributed by atoms with Crippen LogP contribution >= 0.6 is 0 Å². The van der Waals surface area contributed by atoms with E-state index in [0.29, 0.717) is 0 Å². The first kappa shape index (κ1) is 8.41. The zero-order chi connectivity index (χ0) is 8.59. The highest BCUT2D eigenvalue weighted by Crippen LogP contribution is 2.19. The number of carboxylic acid groups (broad SMARTS) is 1. The molecular formula is C5H8O6. The second-order valence-electron chi connectivity index (χ2n) is 2.27. The molecule has 0 bridgehead atoms. The van der Waals surface area contributed by atoms with Gasteiger partial charge in [-0.15, -0.1) is 0 Å². The third-order valence-corrected chi connectivity index (χ3v) is 1.48. The molecule has 1 heterocycles. The van der Waals surface area contributed by atoms with Gasteiger partial charge in [0.1, 0.15) is 12.2 Å². The number of rotatable bonds is 1.